The van der Waals surface area contributed by atoms with Gasteiger partial charge in [-0.25, -0.2) is 0 Å². The molecule has 6 aromatic rings. The van der Waals surface area contributed by atoms with Gasteiger partial charge in [-0.05, 0) is 61.4 Å². The van der Waals surface area contributed by atoms with Crippen molar-refractivity contribution in [1.82, 2.24) is 9.55 Å². The third-order valence-corrected chi connectivity index (χ3v) is 7.09. The first-order valence-electron chi connectivity index (χ1n) is 12.7. The second-order valence-electron chi connectivity index (χ2n) is 9.62. The molecular formula is C32H28N4O2. The number of fused-ring (bicyclic) bond motifs is 4. The van der Waals surface area contributed by atoms with Crippen LogP contribution in [0, 0.1) is 0 Å². The molecule has 4 aromatic carbocycles. The van der Waals surface area contributed by atoms with Crippen LogP contribution in [0.2, 0.25) is 0 Å². The average molecular weight is 501 g/mol. The minimum atomic E-state index is -0.497. The van der Waals surface area contributed by atoms with Gasteiger partial charge in [-0.1, -0.05) is 48.5 Å². The third kappa shape index (κ3) is 4.05. The zero-order valence-corrected chi connectivity index (χ0v) is 21.1. The Hall–Kier alpha value is -4.68. The maximum Gasteiger partial charge on any atom is 0.250 e. The molecule has 0 bridgehead atoms. The zero-order valence-electron chi connectivity index (χ0n) is 21.1. The lowest BCUT2D eigenvalue weighted by atomic mass is 9.99. The van der Waals surface area contributed by atoms with E-state index >= 15 is 0 Å². The lowest BCUT2D eigenvalue weighted by Crippen LogP contribution is -2.21. The summed E-state index contributed by atoms with van der Waals surface area (Å²) in [6.07, 6.45) is 2.50. The van der Waals surface area contributed by atoms with Crippen LogP contribution < -0.4 is 11.1 Å². The number of aliphatic hydroxyl groups excluding tert-OH is 1. The zero-order chi connectivity index (χ0) is 26.2. The van der Waals surface area contributed by atoms with Crippen molar-refractivity contribution >= 4 is 44.3 Å². The highest BCUT2D eigenvalue weighted by Crippen LogP contribution is 2.39. The van der Waals surface area contributed by atoms with Gasteiger partial charge >= 0.3 is 0 Å². The highest BCUT2D eigenvalue weighted by molar-refractivity contribution is 6.16. The number of hydrogen-bond acceptors (Lipinski definition) is 4. The molecule has 6 nitrogen and oxygen atoms in total. The fourth-order valence-corrected chi connectivity index (χ4v) is 5.29. The topological polar surface area (TPSA) is 93.2 Å². The number of nitrogens with zero attached hydrogens (tertiary/aromatic N) is 2. The first kappa shape index (κ1) is 23.7. The molecule has 0 spiro atoms. The number of para-hydroxylation sites is 2. The van der Waals surface area contributed by atoms with E-state index in [0.29, 0.717) is 17.7 Å². The van der Waals surface area contributed by atoms with Crippen LogP contribution in [0.4, 0.5) is 5.69 Å². The molecule has 1 atom stereocenters. The van der Waals surface area contributed by atoms with Crippen LogP contribution in [-0.2, 0) is 0 Å². The molecule has 38 heavy (non-hydrogen) atoms. The molecule has 188 valence electrons. The summed E-state index contributed by atoms with van der Waals surface area (Å²) in [5.41, 5.74) is 12.9. The maximum atomic E-state index is 12.2. The van der Waals surface area contributed by atoms with Crippen LogP contribution >= 0.6 is 0 Å². The normalized spacial score (nSPS) is 12.3. The fourth-order valence-electron chi connectivity index (χ4n) is 5.29. The van der Waals surface area contributed by atoms with Crippen molar-refractivity contribution in [3.8, 4) is 16.8 Å². The van der Waals surface area contributed by atoms with Gasteiger partial charge in [0.05, 0.1) is 22.1 Å². The number of pyridine rings is 1. The quantitative estimate of drug-likeness (QED) is 0.240. The number of anilines is 1. The monoisotopic (exact) mass is 500 g/mol. The standard InChI is InChI=1S/C32H28N4O2/c1-20(15-16-37)35-28-18-23(13-14-25(28)32(33)38)36-29-11-5-3-8-26(29)31-24(9-6-12-30(31)36)22-17-21-7-2-4-10-27(21)34-19-22/h2-14,17-20,35,37H,15-16H2,1H3,(H2,33,38)/t20-/m1/s1. The molecule has 2 aromatic heterocycles. The van der Waals surface area contributed by atoms with E-state index in [-0.39, 0.29) is 12.6 Å². The van der Waals surface area contributed by atoms with Gasteiger partial charge in [0.15, 0.2) is 0 Å². The first-order chi connectivity index (χ1) is 18.5. The van der Waals surface area contributed by atoms with Crippen molar-refractivity contribution in [2.24, 2.45) is 5.73 Å². The summed E-state index contributed by atoms with van der Waals surface area (Å²) >= 11 is 0. The van der Waals surface area contributed by atoms with Gasteiger partial charge in [0.2, 0.25) is 0 Å². The summed E-state index contributed by atoms with van der Waals surface area (Å²) < 4.78 is 2.22. The Morgan fingerprint density at radius 1 is 0.974 bits per heavy atom. The number of carbonyl (C=O) groups excluding carboxylic acids is 1. The molecule has 6 heteroatoms. The van der Waals surface area contributed by atoms with E-state index in [1.54, 1.807) is 6.07 Å². The molecule has 0 saturated heterocycles. The number of aliphatic hydroxyl groups is 1. The molecule has 0 aliphatic carbocycles. The summed E-state index contributed by atoms with van der Waals surface area (Å²) in [4.78, 5) is 16.9. The molecule has 6 rings (SSSR count). The molecule has 1 amide bonds. The van der Waals surface area contributed by atoms with E-state index in [9.17, 15) is 9.90 Å². The van der Waals surface area contributed by atoms with E-state index < -0.39 is 5.91 Å². The van der Waals surface area contributed by atoms with Gasteiger partial charge in [-0.2, -0.15) is 0 Å². The van der Waals surface area contributed by atoms with Gasteiger partial charge < -0.3 is 20.7 Å². The number of amides is 1. The van der Waals surface area contributed by atoms with Gasteiger partial charge in [0.25, 0.3) is 5.91 Å². The van der Waals surface area contributed by atoms with Crippen LogP contribution in [0.3, 0.4) is 0 Å². The summed E-state index contributed by atoms with van der Waals surface area (Å²) in [5, 5.41) is 16.1. The average Bonchev–Trinajstić information content (AvgIpc) is 3.27. The summed E-state index contributed by atoms with van der Waals surface area (Å²) in [6, 6.07) is 30.6. The Kier molecular flexibility index (Phi) is 6.02. The number of aromatic nitrogens is 2. The molecule has 2 heterocycles. The van der Waals surface area contributed by atoms with Crippen LogP contribution in [0.25, 0.3) is 49.5 Å². The van der Waals surface area contributed by atoms with Gasteiger partial charge in [0, 0.05) is 51.9 Å². The minimum absolute atomic E-state index is 0.0292. The van der Waals surface area contributed by atoms with Crippen molar-refractivity contribution < 1.29 is 9.90 Å². The third-order valence-electron chi connectivity index (χ3n) is 7.09. The Balaban J connectivity index is 1.59. The molecule has 0 fully saturated rings. The van der Waals surface area contributed by atoms with Crippen LogP contribution in [0.15, 0.2) is 97.2 Å². The molecule has 0 radical (unpaired) electrons. The smallest absolute Gasteiger partial charge is 0.250 e. The number of primary amides is 1. The SMILES string of the molecule is C[C@H](CCO)Nc1cc(-n2c3ccccc3c3c(-c4cnc5ccccc5c4)cccc32)ccc1C(N)=O. The van der Waals surface area contributed by atoms with E-state index in [1.807, 2.05) is 49.5 Å². The van der Waals surface area contributed by atoms with E-state index in [4.69, 9.17) is 10.7 Å². The van der Waals surface area contributed by atoms with Crippen molar-refractivity contribution in [1.29, 1.82) is 0 Å². The predicted octanol–water partition coefficient (Wildman–Crippen LogP) is 6.28. The Morgan fingerprint density at radius 2 is 1.76 bits per heavy atom. The second kappa shape index (κ2) is 9.65. The van der Waals surface area contributed by atoms with Crippen molar-refractivity contribution in [2.75, 3.05) is 11.9 Å². The largest absolute Gasteiger partial charge is 0.396 e. The van der Waals surface area contributed by atoms with Crippen LogP contribution in [-0.4, -0.2) is 33.2 Å². The highest BCUT2D eigenvalue weighted by Gasteiger charge is 2.18. The molecule has 4 N–H and O–H groups in total. The number of nitrogens with one attached hydrogen (secondary N) is 1. The van der Waals surface area contributed by atoms with Crippen molar-refractivity contribution in [3.63, 3.8) is 0 Å². The Bertz CT molecular complexity index is 1820. The predicted molar refractivity (Wildman–Crippen MR) is 155 cm³/mol. The van der Waals surface area contributed by atoms with E-state index in [1.165, 1.54) is 0 Å². The molecule has 0 saturated carbocycles. The minimum Gasteiger partial charge on any atom is -0.396 e. The summed E-state index contributed by atoms with van der Waals surface area (Å²) in [7, 11) is 0. The van der Waals surface area contributed by atoms with E-state index in [2.05, 4.69) is 58.4 Å². The number of benzene rings is 4. The maximum absolute atomic E-state index is 12.2. The van der Waals surface area contributed by atoms with Crippen molar-refractivity contribution in [3.05, 3.63) is 103 Å². The number of rotatable bonds is 7. The Labute approximate surface area is 220 Å². The number of carbonyl (C=O) groups is 1. The first-order valence-corrected chi connectivity index (χ1v) is 12.7. The fraction of sp³-hybridized carbons (Fsp3) is 0.125. The second-order valence-corrected chi connectivity index (χ2v) is 9.62. The summed E-state index contributed by atoms with van der Waals surface area (Å²) in [6.45, 7) is 2.02. The number of nitrogens with two attached hydrogens (primary N) is 1. The molecule has 0 unspecified atom stereocenters. The lowest BCUT2D eigenvalue weighted by molar-refractivity contribution is 0.100. The van der Waals surface area contributed by atoms with Gasteiger partial charge in [-0.3, -0.25) is 9.78 Å². The molecular weight excluding hydrogens is 472 g/mol. The highest BCUT2D eigenvalue weighted by atomic mass is 16.3. The molecule has 0 aliphatic heterocycles. The summed E-state index contributed by atoms with van der Waals surface area (Å²) in [5.74, 6) is -0.497. The number of hydrogen-bond donors (Lipinski definition) is 3. The van der Waals surface area contributed by atoms with Gasteiger partial charge in [0.1, 0.15) is 0 Å². The van der Waals surface area contributed by atoms with Crippen molar-refractivity contribution in [2.45, 2.75) is 19.4 Å². The van der Waals surface area contributed by atoms with Crippen LogP contribution in [0.1, 0.15) is 23.7 Å². The Morgan fingerprint density at radius 3 is 2.61 bits per heavy atom. The van der Waals surface area contributed by atoms with Crippen LogP contribution in [0.5, 0.6) is 0 Å². The van der Waals surface area contributed by atoms with E-state index in [0.717, 1.165) is 49.5 Å². The van der Waals surface area contributed by atoms with Gasteiger partial charge in [-0.15, -0.1) is 0 Å². The molecule has 0 aliphatic rings. The lowest BCUT2D eigenvalue weighted by Gasteiger charge is -2.18.